The number of carbonyl (C=O) groups excluding carboxylic acids is 4. The Hall–Kier alpha value is -5.62. The molecule has 4 amide bonds. The van der Waals surface area contributed by atoms with E-state index in [2.05, 4.69) is 20.6 Å². The number of benzene rings is 4. The van der Waals surface area contributed by atoms with Gasteiger partial charge in [-0.05, 0) is 65.9 Å². The molecular weight excluding hydrogens is 819 g/mol. The molecule has 10 nitrogen and oxygen atoms in total. The highest BCUT2D eigenvalue weighted by atomic mass is 32.2. The number of para-hydroxylation sites is 2. The third kappa shape index (κ3) is 10.2. The number of nitrogens with zero attached hydrogens (tertiary/aromatic N) is 4. The SMILES string of the molecule is O=C1NC(=Nc2cc(C(F)(F)F)cc(C(F)(F)F)c2)SC1CC(=O)N1CCCc2ccccc21.O=C1NC(=Nc2ccccc2)SC1CC(=O)N1Cc2ccccc2C1. The van der Waals surface area contributed by atoms with Crippen molar-refractivity contribution >= 4 is 74.5 Å². The van der Waals surface area contributed by atoms with Crippen LogP contribution < -0.4 is 15.5 Å². The lowest BCUT2D eigenvalue weighted by molar-refractivity contribution is -0.143. The predicted octanol–water partition coefficient (Wildman–Crippen LogP) is 8.15. The molecule has 0 spiro atoms. The molecule has 0 saturated carbocycles. The van der Waals surface area contributed by atoms with Crippen molar-refractivity contribution in [1.29, 1.82) is 0 Å². The molecule has 8 rings (SSSR count). The lowest BCUT2D eigenvalue weighted by Gasteiger charge is -2.29. The number of anilines is 1. The molecule has 306 valence electrons. The summed E-state index contributed by atoms with van der Waals surface area (Å²) >= 11 is 2.12. The first-order chi connectivity index (χ1) is 28.1. The second-order valence-corrected chi connectivity index (χ2v) is 16.2. The van der Waals surface area contributed by atoms with Crippen LogP contribution in [0.5, 0.6) is 0 Å². The van der Waals surface area contributed by atoms with Crippen LogP contribution in [0, 0.1) is 0 Å². The molecule has 18 heteroatoms. The van der Waals surface area contributed by atoms with E-state index in [1.165, 1.54) is 22.9 Å². The number of rotatable bonds is 6. The molecule has 4 aliphatic heterocycles. The van der Waals surface area contributed by atoms with Crippen molar-refractivity contribution in [3.8, 4) is 0 Å². The Bertz CT molecular complexity index is 2280. The number of amides is 4. The van der Waals surface area contributed by atoms with E-state index in [-0.39, 0.29) is 41.8 Å². The van der Waals surface area contributed by atoms with Gasteiger partial charge in [-0.3, -0.25) is 19.2 Å². The number of halogens is 6. The van der Waals surface area contributed by atoms with Crippen LogP contribution in [0.25, 0.3) is 0 Å². The van der Waals surface area contributed by atoms with Crippen molar-refractivity contribution in [3.05, 3.63) is 125 Å². The summed E-state index contributed by atoms with van der Waals surface area (Å²) in [4.78, 5) is 61.6. The largest absolute Gasteiger partial charge is 0.416 e. The number of aryl methyl sites for hydroxylation is 1. The third-order valence-corrected chi connectivity index (χ3v) is 11.8. The number of carbonyl (C=O) groups is 4. The number of alkyl halides is 6. The van der Waals surface area contributed by atoms with E-state index in [9.17, 15) is 45.5 Å². The number of amidine groups is 2. The summed E-state index contributed by atoms with van der Waals surface area (Å²) in [5.41, 5.74) is 1.31. The molecule has 0 bridgehead atoms. The standard InChI is InChI=1S/C22H17F6N3O2S.C19H17N3O2S/c23-21(24,25)13-8-14(22(26,27)28)10-15(9-13)29-20-30-19(33)17(34-20)11-18(32)31-7-3-5-12-4-1-2-6-16(12)31;23-17(22-11-13-6-4-5-7-14(13)12-22)10-16-18(24)21-19(25-16)20-15-8-2-1-3-9-15/h1-2,4,6,8-10,17H,3,5,7,11H2,(H,29,30,33);1-9,16H,10-12H2,(H,20,21,24). The van der Waals surface area contributed by atoms with Crippen LogP contribution >= 0.6 is 23.5 Å². The number of hydrogen-bond donors (Lipinski definition) is 2. The van der Waals surface area contributed by atoms with Crippen molar-refractivity contribution in [1.82, 2.24) is 15.5 Å². The predicted molar refractivity (Wildman–Crippen MR) is 213 cm³/mol. The summed E-state index contributed by atoms with van der Waals surface area (Å²) in [6, 6.07) is 25.9. The summed E-state index contributed by atoms with van der Waals surface area (Å²) in [6.45, 7) is 1.73. The van der Waals surface area contributed by atoms with Gasteiger partial charge in [0.15, 0.2) is 10.3 Å². The minimum absolute atomic E-state index is 0.00197. The molecule has 2 unspecified atom stereocenters. The van der Waals surface area contributed by atoms with Gasteiger partial charge < -0.3 is 20.4 Å². The van der Waals surface area contributed by atoms with E-state index in [0.717, 1.165) is 41.5 Å². The van der Waals surface area contributed by atoms with Gasteiger partial charge in [0.05, 0.1) is 22.5 Å². The first-order valence-corrected chi connectivity index (χ1v) is 20.1. The highest BCUT2D eigenvalue weighted by Gasteiger charge is 2.39. The van der Waals surface area contributed by atoms with Gasteiger partial charge in [-0.1, -0.05) is 84.2 Å². The van der Waals surface area contributed by atoms with Crippen LogP contribution in [0.1, 0.15) is 47.1 Å². The van der Waals surface area contributed by atoms with Gasteiger partial charge in [0.2, 0.25) is 23.6 Å². The Morgan fingerprint density at radius 2 is 1.14 bits per heavy atom. The lowest BCUT2D eigenvalue weighted by atomic mass is 10.0. The number of fused-ring (bicyclic) bond motifs is 2. The van der Waals surface area contributed by atoms with Gasteiger partial charge in [0.25, 0.3) is 0 Å². The van der Waals surface area contributed by atoms with Gasteiger partial charge in [0, 0.05) is 38.2 Å². The van der Waals surface area contributed by atoms with Crippen LogP contribution in [0.4, 0.5) is 43.4 Å². The quantitative estimate of drug-likeness (QED) is 0.189. The van der Waals surface area contributed by atoms with Crippen molar-refractivity contribution in [2.75, 3.05) is 11.4 Å². The average Bonchev–Trinajstić information content (AvgIpc) is 3.89. The molecule has 2 saturated heterocycles. The summed E-state index contributed by atoms with van der Waals surface area (Å²) in [7, 11) is 0. The fourth-order valence-electron chi connectivity index (χ4n) is 6.78. The van der Waals surface area contributed by atoms with Gasteiger partial charge in [0.1, 0.15) is 10.5 Å². The topological polar surface area (TPSA) is 124 Å². The van der Waals surface area contributed by atoms with Crippen LogP contribution in [0.3, 0.4) is 0 Å². The second-order valence-electron chi connectivity index (χ2n) is 13.8. The van der Waals surface area contributed by atoms with Crippen molar-refractivity contribution < 1.29 is 45.5 Å². The van der Waals surface area contributed by atoms with Gasteiger partial charge in [-0.2, -0.15) is 26.3 Å². The molecule has 4 aromatic carbocycles. The van der Waals surface area contributed by atoms with Gasteiger partial charge >= 0.3 is 12.4 Å². The van der Waals surface area contributed by atoms with Crippen LogP contribution in [-0.2, 0) is 51.0 Å². The molecule has 59 heavy (non-hydrogen) atoms. The molecule has 0 aromatic heterocycles. The Morgan fingerprint density at radius 3 is 1.69 bits per heavy atom. The van der Waals surface area contributed by atoms with Gasteiger partial charge in [-0.15, -0.1) is 0 Å². The fraction of sp³-hybridized carbons (Fsp3) is 0.268. The molecule has 2 atom stereocenters. The van der Waals surface area contributed by atoms with E-state index in [4.69, 9.17) is 0 Å². The molecule has 4 aromatic rings. The molecule has 4 heterocycles. The smallest absolute Gasteiger partial charge is 0.334 e. The van der Waals surface area contributed by atoms with Crippen molar-refractivity contribution in [3.63, 3.8) is 0 Å². The number of hydrogen-bond acceptors (Lipinski definition) is 8. The minimum atomic E-state index is -5.01. The first-order valence-electron chi connectivity index (χ1n) is 18.3. The van der Waals surface area contributed by atoms with E-state index in [1.54, 1.807) is 11.0 Å². The average molecular weight is 853 g/mol. The van der Waals surface area contributed by atoms with Crippen molar-refractivity contribution in [2.45, 2.75) is 61.6 Å². The Kier molecular flexibility index (Phi) is 12.2. The zero-order chi connectivity index (χ0) is 41.9. The fourth-order valence-corrected chi connectivity index (χ4v) is 8.74. The molecule has 2 N–H and O–H groups in total. The Labute approximate surface area is 342 Å². The van der Waals surface area contributed by atoms with Crippen LogP contribution in [0.2, 0.25) is 0 Å². The van der Waals surface area contributed by atoms with Crippen LogP contribution in [0.15, 0.2) is 107 Å². The van der Waals surface area contributed by atoms with E-state index in [0.29, 0.717) is 36.9 Å². The Morgan fingerprint density at radius 1 is 0.644 bits per heavy atom. The molecule has 4 aliphatic rings. The summed E-state index contributed by atoms with van der Waals surface area (Å²) < 4.78 is 78.4. The number of thioether (sulfide) groups is 2. The zero-order valence-electron chi connectivity index (χ0n) is 30.8. The minimum Gasteiger partial charge on any atom is -0.334 e. The monoisotopic (exact) mass is 852 g/mol. The summed E-state index contributed by atoms with van der Waals surface area (Å²) in [5.74, 6) is -1.04. The maximum absolute atomic E-state index is 13.1. The Balaban J connectivity index is 0.000000187. The maximum atomic E-state index is 13.1. The molecular formula is C41H34F6N6O4S2. The molecule has 0 radical (unpaired) electrons. The van der Waals surface area contributed by atoms with E-state index < -0.39 is 45.6 Å². The zero-order valence-corrected chi connectivity index (χ0v) is 32.5. The van der Waals surface area contributed by atoms with Gasteiger partial charge in [-0.25, -0.2) is 9.98 Å². The van der Waals surface area contributed by atoms with Crippen LogP contribution in [-0.4, -0.2) is 55.9 Å². The third-order valence-electron chi connectivity index (χ3n) is 9.67. The summed E-state index contributed by atoms with van der Waals surface area (Å²) in [5, 5.41) is 4.16. The normalized spacial score (nSPS) is 20.2. The highest BCUT2D eigenvalue weighted by molar-refractivity contribution is 8.16. The number of aliphatic imine (C=N–C) groups is 2. The number of nitrogens with one attached hydrogen (secondary N) is 2. The maximum Gasteiger partial charge on any atom is 0.416 e. The van der Waals surface area contributed by atoms with Crippen molar-refractivity contribution in [2.24, 2.45) is 9.98 Å². The molecule has 0 aliphatic carbocycles. The van der Waals surface area contributed by atoms with E-state index in [1.807, 2.05) is 77.7 Å². The summed E-state index contributed by atoms with van der Waals surface area (Å²) in [6.07, 6.45) is -8.44. The van der Waals surface area contributed by atoms with E-state index >= 15 is 0 Å². The molecule has 2 fully saturated rings. The first kappa shape index (κ1) is 41.5. The highest BCUT2D eigenvalue weighted by Crippen LogP contribution is 2.39. The lowest BCUT2D eigenvalue weighted by Crippen LogP contribution is -2.38. The second kappa shape index (κ2) is 17.3.